The van der Waals surface area contributed by atoms with Crippen molar-refractivity contribution < 1.29 is 14.6 Å². The van der Waals surface area contributed by atoms with Gasteiger partial charge in [-0.25, -0.2) is 0 Å². The van der Waals surface area contributed by atoms with Gasteiger partial charge in [-0.2, -0.15) is 5.10 Å². The summed E-state index contributed by atoms with van der Waals surface area (Å²) in [6.07, 6.45) is 3.21. The Bertz CT molecular complexity index is 561. The average molecular weight is 276 g/mol. The standard InChI is InChI=1S/C15H20N2O3/c18-11-13-12-5-1-2-6-14(12)17(16-13)8-10-20-15-7-3-4-9-19-15/h1-2,5-6,15,18H,3-4,7-11H2. The van der Waals surface area contributed by atoms with Gasteiger partial charge in [-0.3, -0.25) is 4.68 Å². The van der Waals surface area contributed by atoms with Crippen LogP contribution in [0, 0.1) is 0 Å². The highest BCUT2D eigenvalue weighted by atomic mass is 16.7. The molecule has 0 spiro atoms. The van der Waals surface area contributed by atoms with Crippen LogP contribution in [0.1, 0.15) is 25.0 Å². The molecular weight excluding hydrogens is 256 g/mol. The van der Waals surface area contributed by atoms with Gasteiger partial charge in [0.15, 0.2) is 6.29 Å². The number of para-hydroxylation sites is 1. The topological polar surface area (TPSA) is 56.5 Å². The van der Waals surface area contributed by atoms with Crippen molar-refractivity contribution in [3.63, 3.8) is 0 Å². The Morgan fingerprint density at radius 1 is 1.35 bits per heavy atom. The number of aromatic nitrogens is 2. The van der Waals surface area contributed by atoms with Crippen LogP contribution >= 0.6 is 0 Å². The van der Waals surface area contributed by atoms with Crippen LogP contribution < -0.4 is 0 Å². The highest BCUT2D eigenvalue weighted by molar-refractivity contribution is 5.81. The zero-order chi connectivity index (χ0) is 13.8. The number of hydrogen-bond donors (Lipinski definition) is 1. The number of rotatable bonds is 5. The van der Waals surface area contributed by atoms with Crippen LogP contribution in [0.2, 0.25) is 0 Å². The molecule has 0 radical (unpaired) electrons. The first kappa shape index (κ1) is 13.5. The molecule has 20 heavy (non-hydrogen) atoms. The molecule has 1 fully saturated rings. The second-order valence-electron chi connectivity index (χ2n) is 5.01. The maximum Gasteiger partial charge on any atom is 0.157 e. The van der Waals surface area contributed by atoms with Crippen molar-refractivity contribution in [2.24, 2.45) is 0 Å². The van der Waals surface area contributed by atoms with E-state index in [0.29, 0.717) is 13.2 Å². The largest absolute Gasteiger partial charge is 0.390 e. The summed E-state index contributed by atoms with van der Waals surface area (Å²) in [5, 5.41) is 14.8. The minimum absolute atomic E-state index is 0.0416. The Morgan fingerprint density at radius 3 is 3.05 bits per heavy atom. The van der Waals surface area contributed by atoms with Gasteiger partial charge in [0.25, 0.3) is 0 Å². The molecule has 1 unspecified atom stereocenters. The summed E-state index contributed by atoms with van der Waals surface area (Å²) in [6.45, 7) is 1.99. The lowest BCUT2D eigenvalue weighted by Gasteiger charge is -2.22. The Kier molecular flexibility index (Phi) is 4.30. The first-order chi connectivity index (χ1) is 9.88. The lowest BCUT2D eigenvalue weighted by molar-refractivity contribution is -0.163. The van der Waals surface area contributed by atoms with Crippen LogP contribution in [0.4, 0.5) is 0 Å². The maximum absolute atomic E-state index is 9.35. The van der Waals surface area contributed by atoms with Crippen molar-refractivity contribution in [1.82, 2.24) is 9.78 Å². The third kappa shape index (κ3) is 2.85. The van der Waals surface area contributed by atoms with E-state index in [1.54, 1.807) is 0 Å². The van der Waals surface area contributed by atoms with Gasteiger partial charge >= 0.3 is 0 Å². The number of aliphatic hydroxyl groups is 1. The molecule has 1 N–H and O–H groups in total. The summed E-state index contributed by atoms with van der Waals surface area (Å²) in [6, 6.07) is 7.93. The van der Waals surface area contributed by atoms with Gasteiger partial charge < -0.3 is 14.6 Å². The van der Waals surface area contributed by atoms with E-state index >= 15 is 0 Å². The number of ether oxygens (including phenoxy) is 2. The highest BCUT2D eigenvalue weighted by Gasteiger charge is 2.14. The summed E-state index contributed by atoms with van der Waals surface area (Å²) < 4.78 is 13.2. The number of hydrogen-bond acceptors (Lipinski definition) is 4. The molecule has 5 heteroatoms. The summed E-state index contributed by atoms with van der Waals surface area (Å²) in [4.78, 5) is 0. The van der Waals surface area contributed by atoms with E-state index in [9.17, 15) is 5.11 Å². The number of nitrogens with zero attached hydrogens (tertiary/aromatic N) is 2. The minimum atomic E-state index is -0.0668. The normalized spacial score (nSPS) is 19.6. The predicted octanol–water partition coefficient (Wildman–Crippen LogP) is 2.07. The van der Waals surface area contributed by atoms with Gasteiger partial charge in [0, 0.05) is 12.0 Å². The van der Waals surface area contributed by atoms with E-state index in [0.717, 1.165) is 36.0 Å². The second kappa shape index (κ2) is 6.35. The molecule has 2 heterocycles. The SMILES string of the molecule is OCc1nn(CCOC2CCCCO2)c2ccccc12. The Morgan fingerprint density at radius 2 is 2.25 bits per heavy atom. The molecule has 1 aliphatic rings. The summed E-state index contributed by atoms with van der Waals surface area (Å²) >= 11 is 0. The molecule has 1 aromatic heterocycles. The molecule has 1 saturated heterocycles. The van der Waals surface area contributed by atoms with Crippen LogP contribution in [0.3, 0.4) is 0 Å². The maximum atomic E-state index is 9.35. The molecule has 108 valence electrons. The fourth-order valence-electron chi connectivity index (χ4n) is 2.60. The highest BCUT2D eigenvalue weighted by Crippen LogP contribution is 2.19. The lowest BCUT2D eigenvalue weighted by Crippen LogP contribution is -2.24. The van der Waals surface area contributed by atoms with Gasteiger partial charge in [-0.05, 0) is 25.3 Å². The van der Waals surface area contributed by atoms with Gasteiger partial charge in [-0.15, -0.1) is 0 Å². The number of benzene rings is 1. The predicted molar refractivity (Wildman–Crippen MR) is 75.2 cm³/mol. The van der Waals surface area contributed by atoms with Crippen molar-refractivity contribution in [3.8, 4) is 0 Å². The first-order valence-electron chi connectivity index (χ1n) is 7.17. The Hall–Kier alpha value is -1.43. The van der Waals surface area contributed by atoms with Crippen LogP contribution in [0.5, 0.6) is 0 Å². The first-order valence-corrected chi connectivity index (χ1v) is 7.17. The molecule has 1 atom stereocenters. The summed E-state index contributed by atoms with van der Waals surface area (Å²) in [5.74, 6) is 0. The van der Waals surface area contributed by atoms with Crippen molar-refractivity contribution in [2.75, 3.05) is 13.2 Å². The molecular formula is C15H20N2O3. The van der Waals surface area contributed by atoms with Crippen molar-refractivity contribution in [1.29, 1.82) is 0 Å². The number of aliphatic hydroxyl groups excluding tert-OH is 1. The van der Waals surface area contributed by atoms with E-state index in [4.69, 9.17) is 9.47 Å². The fraction of sp³-hybridized carbons (Fsp3) is 0.533. The van der Waals surface area contributed by atoms with E-state index < -0.39 is 0 Å². The average Bonchev–Trinajstić information content (AvgIpc) is 2.87. The minimum Gasteiger partial charge on any atom is -0.390 e. The third-order valence-electron chi connectivity index (χ3n) is 3.63. The van der Waals surface area contributed by atoms with Crippen LogP contribution in [0.25, 0.3) is 10.9 Å². The van der Waals surface area contributed by atoms with E-state index in [1.807, 2.05) is 28.9 Å². The van der Waals surface area contributed by atoms with Crippen molar-refractivity contribution in [2.45, 2.75) is 38.7 Å². The molecule has 2 aromatic rings. The van der Waals surface area contributed by atoms with Gasteiger partial charge in [0.05, 0.1) is 31.0 Å². The monoisotopic (exact) mass is 276 g/mol. The van der Waals surface area contributed by atoms with E-state index in [2.05, 4.69) is 5.10 Å². The third-order valence-corrected chi connectivity index (χ3v) is 3.63. The molecule has 0 aliphatic carbocycles. The summed E-state index contributed by atoms with van der Waals surface area (Å²) in [7, 11) is 0. The molecule has 0 amide bonds. The van der Waals surface area contributed by atoms with E-state index in [-0.39, 0.29) is 12.9 Å². The molecule has 0 saturated carbocycles. The smallest absolute Gasteiger partial charge is 0.157 e. The zero-order valence-corrected chi connectivity index (χ0v) is 11.5. The van der Waals surface area contributed by atoms with Crippen LogP contribution in [0.15, 0.2) is 24.3 Å². The Balaban J connectivity index is 1.65. The van der Waals surface area contributed by atoms with E-state index in [1.165, 1.54) is 6.42 Å². The zero-order valence-electron chi connectivity index (χ0n) is 11.5. The lowest BCUT2D eigenvalue weighted by atomic mass is 10.2. The van der Waals surface area contributed by atoms with Gasteiger partial charge in [0.2, 0.25) is 0 Å². The summed E-state index contributed by atoms with van der Waals surface area (Å²) in [5.41, 5.74) is 1.75. The van der Waals surface area contributed by atoms with Gasteiger partial charge in [-0.1, -0.05) is 18.2 Å². The molecule has 5 nitrogen and oxygen atoms in total. The number of fused-ring (bicyclic) bond motifs is 1. The van der Waals surface area contributed by atoms with Crippen molar-refractivity contribution in [3.05, 3.63) is 30.0 Å². The van der Waals surface area contributed by atoms with Crippen LogP contribution in [-0.4, -0.2) is 34.4 Å². The van der Waals surface area contributed by atoms with Crippen LogP contribution in [-0.2, 0) is 22.6 Å². The van der Waals surface area contributed by atoms with Gasteiger partial charge in [0.1, 0.15) is 0 Å². The molecule has 3 rings (SSSR count). The molecule has 1 aromatic carbocycles. The van der Waals surface area contributed by atoms with Crippen molar-refractivity contribution >= 4 is 10.9 Å². The Labute approximate surface area is 118 Å². The molecule has 1 aliphatic heterocycles. The second-order valence-corrected chi connectivity index (χ2v) is 5.01. The fourth-order valence-corrected chi connectivity index (χ4v) is 2.60. The quantitative estimate of drug-likeness (QED) is 0.908. The molecule has 0 bridgehead atoms.